The SMILES string of the molecule is COC(=O)C=Cc1ccc(C(=O)C=Cc2sc(-c3ccc(C(F)(F)F)cc3)cc2C(C)C)cc1C. The average Bonchev–Trinajstić information content (AvgIpc) is 3.25. The van der Waals surface area contributed by atoms with Gasteiger partial charge in [0.2, 0.25) is 0 Å². The average molecular weight is 499 g/mol. The Morgan fingerprint density at radius 1 is 0.971 bits per heavy atom. The van der Waals surface area contributed by atoms with Gasteiger partial charge in [0.1, 0.15) is 0 Å². The van der Waals surface area contributed by atoms with Crippen molar-refractivity contribution in [2.45, 2.75) is 32.9 Å². The van der Waals surface area contributed by atoms with E-state index >= 15 is 0 Å². The van der Waals surface area contributed by atoms with Gasteiger partial charge in [-0.1, -0.05) is 38.1 Å². The molecule has 182 valence electrons. The van der Waals surface area contributed by atoms with E-state index < -0.39 is 17.7 Å². The van der Waals surface area contributed by atoms with E-state index in [9.17, 15) is 22.8 Å². The number of carbonyl (C=O) groups is 2. The fourth-order valence-electron chi connectivity index (χ4n) is 3.46. The number of rotatable bonds is 7. The largest absolute Gasteiger partial charge is 0.466 e. The van der Waals surface area contributed by atoms with E-state index in [2.05, 4.69) is 4.74 Å². The number of hydrogen-bond acceptors (Lipinski definition) is 4. The van der Waals surface area contributed by atoms with Crippen LogP contribution in [0.4, 0.5) is 13.2 Å². The van der Waals surface area contributed by atoms with Gasteiger partial charge in [0.05, 0.1) is 12.7 Å². The van der Waals surface area contributed by atoms with Gasteiger partial charge in [0.25, 0.3) is 0 Å². The van der Waals surface area contributed by atoms with Crippen molar-refractivity contribution in [3.05, 3.63) is 93.4 Å². The highest BCUT2D eigenvalue weighted by Gasteiger charge is 2.30. The molecule has 0 aliphatic heterocycles. The topological polar surface area (TPSA) is 43.4 Å². The second-order valence-corrected chi connectivity index (χ2v) is 9.37. The number of alkyl halides is 3. The van der Waals surface area contributed by atoms with Crippen LogP contribution in [0.15, 0.2) is 60.7 Å². The summed E-state index contributed by atoms with van der Waals surface area (Å²) in [6.07, 6.45) is 1.85. The molecule has 0 atom stereocenters. The summed E-state index contributed by atoms with van der Waals surface area (Å²) < 4.78 is 43.2. The first-order valence-electron chi connectivity index (χ1n) is 10.9. The van der Waals surface area contributed by atoms with E-state index in [1.54, 1.807) is 30.4 Å². The molecule has 0 saturated carbocycles. The number of ketones is 1. The zero-order valence-electron chi connectivity index (χ0n) is 19.8. The number of ether oxygens (including phenoxy) is 1. The lowest BCUT2D eigenvalue weighted by Crippen LogP contribution is -2.03. The maximum atomic E-state index is 12.9. The van der Waals surface area contributed by atoms with Crippen molar-refractivity contribution < 1.29 is 27.5 Å². The number of benzene rings is 2. The van der Waals surface area contributed by atoms with Crippen LogP contribution in [-0.2, 0) is 15.7 Å². The Morgan fingerprint density at radius 3 is 2.23 bits per heavy atom. The van der Waals surface area contributed by atoms with E-state index in [-0.39, 0.29) is 11.7 Å². The predicted molar refractivity (Wildman–Crippen MR) is 134 cm³/mol. The van der Waals surface area contributed by atoms with E-state index in [4.69, 9.17) is 0 Å². The molecule has 0 saturated heterocycles. The van der Waals surface area contributed by atoms with Gasteiger partial charge in [-0.3, -0.25) is 4.79 Å². The van der Waals surface area contributed by atoms with Crippen LogP contribution in [0.3, 0.4) is 0 Å². The first-order valence-corrected chi connectivity index (χ1v) is 11.7. The van der Waals surface area contributed by atoms with Crippen molar-refractivity contribution in [1.82, 2.24) is 0 Å². The lowest BCUT2D eigenvalue weighted by atomic mass is 10.0. The lowest BCUT2D eigenvalue weighted by molar-refractivity contribution is -0.137. The monoisotopic (exact) mass is 498 g/mol. The quantitative estimate of drug-likeness (QED) is 0.189. The first kappa shape index (κ1) is 26.2. The minimum absolute atomic E-state index is 0.171. The van der Waals surface area contributed by atoms with Crippen molar-refractivity contribution in [3.8, 4) is 10.4 Å². The molecule has 0 spiro atoms. The van der Waals surface area contributed by atoms with Gasteiger partial charge in [-0.15, -0.1) is 11.3 Å². The minimum atomic E-state index is -4.38. The summed E-state index contributed by atoms with van der Waals surface area (Å²) in [4.78, 5) is 25.8. The molecule has 35 heavy (non-hydrogen) atoms. The van der Waals surface area contributed by atoms with Crippen LogP contribution in [0, 0.1) is 6.92 Å². The molecule has 2 aromatic carbocycles. The fraction of sp³-hybridized carbons (Fsp3) is 0.214. The van der Waals surface area contributed by atoms with Crippen molar-refractivity contribution in [3.63, 3.8) is 0 Å². The van der Waals surface area contributed by atoms with E-state index in [1.165, 1.54) is 42.7 Å². The molecule has 0 amide bonds. The first-order chi connectivity index (χ1) is 16.5. The Kier molecular flexibility index (Phi) is 8.12. The zero-order chi connectivity index (χ0) is 25.8. The molecule has 3 rings (SSSR count). The third-order valence-corrected chi connectivity index (χ3v) is 6.62. The minimum Gasteiger partial charge on any atom is -0.466 e. The summed E-state index contributed by atoms with van der Waals surface area (Å²) in [5.41, 5.74) is 3.19. The molecule has 0 unspecified atom stereocenters. The Labute approximate surface area is 206 Å². The van der Waals surface area contributed by atoms with Gasteiger partial charge in [0, 0.05) is 21.4 Å². The van der Waals surface area contributed by atoms with Gasteiger partial charge in [-0.25, -0.2) is 4.79 Å². The Hall–Kier alpha value is -3.45. The molecular weight excluding hydrogens is 473 g/mol. The normalized spacial score (nSPS) is 12.1. The fourth-order valence-corrected chi connectivity index (χ4v) is 4.68. The summed E-state index contributed by atoms with van der Waals surface area (Å²) in [5.74, 6) is -0.455. The summed E-state index contributed by atoms with van der Waals surface area (Å²) in [7, 11) is 1.30. The highest BCUT2D eigenvalue weighted by atomic mass is 32.1. The molecule has 3 nitrogen and oxygen atoms in total. The predicted octanol–water partition coefficient (Wildman–Crippen LogP) is 7.95. The van der Waals surface area contributed by atoms with Crippen LogP contribution in [0.1, 0.15) is 57.3 Å². The molecule has 0 radical (unpaired) electrons. The van der Waals surface area contributed by atoms with Crippen LogP contribution >= 0.6 is 11.3 Å². The Balaban J connectivity index is 1.83. The van der Waals surface area contributed by atoms with Gasteiger partial charge < -0.3 is 4.74 Å². The van der Waals surface area contributed by atoms with Gasteiger partial charge in [0.15, 0.2) is 5.78 Å². The second kappa shape index (κ2) is 10.9. The molecule has 0 bridgehead atoms. The van der Waals surface area contributed by atoms with Crippen LogP contribution in [-0.4, -0.2) is 18.9 Å². The number of thiophene rings is 1. The summed E-state index contributed by atoms with van der Waals surface area (Å²) in [6, 6.07) is 12.3. The summed E-state index contributed by atoms with van der Waals surface area (Å²) in [5, 5.41) is 0. The Bertz CT molecular complexity index is 1280. The van der Waals surface area contributed by atoms with Crippen LogP contribution in [0.25, 0.3) is 22.6 Å². The number of carbonyl (C=O) groups excluding carboxylic acids is 2. The lowest BCUT2D eigenvalue weighted by Gasteiger charge is -2.06. The molecular formula is C28H25F3O3S. The van der Waals surface area contributed by atoms with E-state index in [1.807, 2.05) is 26.8 Å². The molecule has 0 aliphatic carbocycles. The number of hydrogen-bond donors (Lipinski definition) is 0. The maximum absolute atomic E-state index is 12.9. The number of allylic oxidation sites excluding steroid dienone is 1. The highest BCUT2D eigenvalue weighted by molar-refractivity contribution is 7.16. The molecule has 0 fully saturated rings. The van der Waals surface area contributed by atoms with E-state index in [0.717, 1.165) is 38.6 Å². The van der Waals surface area contributed by atoms with Crippen molar-refractivity contribution in [1.29, 1.82) is 0 Å². The standard InChI is InChI=1S/C28H25F3O3S/c1-17(2)23-16-26(20-7-10-22(11-8-20)28(29,30)31)35-25(23)13-12-24(32)21-6-5-19(18(3)15-21)9-14-27(33)34-4/h5-17H,1-4H3. The van der Waals surface area contributed by atoms with Gasteiger partial charge in [-0.2, -0.15) is 13.2 Å². The van der Waals surface area contributed by atoms with Crippen molar-refractivity contribution >= 4 is 35.2 Å². The molecule has 1 heterocycles. The highest BCUT2D eigenvalue weighted by Crippen LogP contribution is 2.37. The van der Waals surface area contributed by atoms with E-state index in [0.29, 0.717) is 11.1 Å². The zero-order valence-corrected chi connectivity index (χ0v) is 20.6. The van der Waals surface area contributed by atoms with Crippen LogP contribution < -0.4 is 0 Å². The third-order valence-electron chi connectivity index (χ3n) is 5.45. The molecule has 7 heteroatoms. The van der Waals surface area contributed by atoms with Crippen LogP contribution in [0.5, 0.6) is 0 Å². The van der Waals surface area contributed by atoms with Gasteiger partial charge >= 0.3 is 12.1 Å². The summed E-state index contributed by atoms with van der Waals surface area (Å²) >= 11 is 1.44. The van der Waals surface area contributed by atoms with Crippen molar-refractivity contribution in [2.24, 2.45) is 0 Å². The summed E-state index contributed by atoms with van der Waals surface area (Å²) in [6.45, 7) is 5.91. The number of halogens is 3. The van der Waals surface area contributed by atoms with Gasteiger partial charge in [-0.05, 0) is 77.6 Å². The number of aryl methyl sites for hydroxylation is 1. The number of methoxy groups -OCH3 is 1. The molecule has 1 aromatic heterocycles. The number of esters is 1. The molecule has 0 N–H and O–H groups in total. The second-order valence-electron chi connectivity index (χ2n) is 8.29. The maximum Gasteiger partial charge on any atom is 0.416 e. The Morgan fingerprint density at radius 2 is 1.66 bits per heavy atom. The smallest absolute Gasteiger partial charge is 0.416 e. The molecule has 0 aliphatic rings. The molecule has 3 aromatic rings. The van der Waals surface area contributed by atoms with Crippen LogP contribution in [0.2, 0.25) is 0 Å². The third kappa shape index (κ3) is 6.57. The van der Waals surface area contributed by atoms with Crippen molar-refractivity contribution in [2.75, 3.05) is 7.11 Å².